The number of hydrogen-bond donors (Lipinski definition) is 1. The van der Waals surface area contributed by atoms with E-state index in [9.17, 15) is 0 Å². The van der Waals surface area contributed by atoms with Crippen LogP contribution in [-0.2, 0) is 11.3 Å². The third-order valence-corrected chi connectivity index (χ3v) is 5.03. The summed E-state index contributed by atoms with van der Waals surface area (Å²) in [6.07, 6.45) is 2.65. The first-order valence-electron chi connectivity index (χ1n) is 8.61. The average molecular weight is 328 g/mol. The van der Waals surface area contributed by atoms with Gasteiger partial charge in [0.15, 0.2) is 11.6 Å². The second kappa shape index (κ2) is 6.12. The number of aryl methyl sites for hydroxylation is 2. The molecule has 2 fully saturated rings. The minimum absolute atomic E-state index is 0.356. The van der Waals surface area contributed by atoms with Gasteiger partial charge in [-0.15, -0.1) is 0 Å². The van der Waals surface area contributed by atoms with Crippen molar-refractivity contribution in [3.63, 3.8) is 0 Å². The Hall–Kier alpha value is -2.02. The standard InChI is InChI=1S/C17H24N6O/c1-10-6-16(19-11(2)18-10)23-7-13(12-4-5-12)14(8-23)17-20-15(9-24-3)21-22-17/h6,12-14H,4-5,7-9H2,1-3H3,(H,20,21,22)/t13-,14+/m1/s1. The summed E-state index contributed by atoms with van der Waals surface area (Å²) in [4.78, 5) is 16.1. The number of hydrogen-bond acceptors (Lipinski definition) is 6. The molecule has 2 aromatic heterocycles. The molecule has 1 aliphatic carbocycles. The Kier molecular flexibility index (Phi) is 3.96. The van der Waals surface area contributed by atoms with Gasteiger partial charge in [-0.2, -0.15) is 5.10 Å². The maximum Gasteiger partial charge on any atom is 0.156 e. The van der Waals surface area contributed by atoms with Gasteiger partial charge in [0.2, 0.25) is 0 Å². The molecule has 7 nitrogen and oxygen atoms in total. The van der Waals surface area contributed by atoms with Crippen molar-refractivity contribution in [2.45, 2.75) is 39.2 Å². The van der Waals surface area contributed by atoms with Gasteiger partial charge in [0.25, 0.3) is 0 Å². The lowest BCUT2D eigenvalue weighted by Gasteiger charge is -2.18. The minimum Gasteiger partial charge on any atom is -0.377 e. The summed E-state index contributed by atoms with van der Waals surface area (Å²) in [5.74, 6) is 5.34. The molecule has 0 spiro atoms. The first-order valence-corrected chi connectivity index (χ1v) is 8.61. The van der Waals surface area contributed by atoms with Crippen LogP contribution in [0.15, 0.2) is 6.07 Å². The summed E-state index contributed by atoms with van der Waals surface area (Å²) in [5.41, 5.74) is 1.02. The Morgan fingerprint density at radius 3 is 2.75 bits per heavy atom. The third kappa shape index (κ3) is 3.00. The SMILES string of the molecule is COCc1nc([C@H]2CN(c3cc(C)nc(C)n3)C[C@@H]2C2CC2)n[nH]1. The van der Waals surface area contributed by atoms with E-state index in [1.54, 1.807) is 7.11 Å². The van der Waals surface area contributed by atoms with Gasteiger partial charge in [-0.05, 0) is 38.5 Å². The quantitative estimate of drug-likeness (QED) is 0.904. The van der Waals surface area contributed by atoms with Crippen molar-refractivity contribution in [3.05, 3.63) is 29.2 Å². The highest BCUT2D eigenvalue weighted by Crippen LogP contribution is 2.47. The van der Waals surface area contributed by atoms with Gasteiger partial charge in [0, 0.05) is 37.9 Å². The van der Waals surface area contributed by atoms with Gasteiger partial charge in [0.1, 0.15) is 18.2 Å². The summed E-state index contributed by atoms with van der Waals surface area (Å²) < 4.78 is 5.15. The second-order valence-electron chi connectivity index (χ2n) is 7.00. The van der Waals surface area contributed by atoms with Crippen LogP contribution in [0.3, 0.4) is 0 Å². The fourth-order valence-electron chi connectivity index (χ4n) is 3.83. The third-order valence-electron chi connectivity index (χ3n) is 5.03. The summed E-state index contributed by atoms with van der Waals surface area (Å²) in [6.45, 7) is 6.40. The molecule has 1 saturated carbocycles. The van der Waals surface area contributed by atoms with E-state index >= 15 is 0 Å². The molecule has 0 unspecified atom stereocenters. The average Bonchev–Trinajstić information content (AvgIpc) is 3.11. The van der Waals surface area contributed by atoms with E-state index in [0.717, 1.165) is 48.0 Å². The normalized spacial score (nSPS) is 23.9. The molecule has 0 radical (unpaired) electrons. The van der Waals surface area contributed by atoms with Crippen molar-refractivity contribution in [3.8, 4) is 0 Å². The number of methoxy groups -OCH3 is 1. The van der Waals surface area contributed by atoms with Gasteiger partial charge in [0.05, 0.1) is 0 Å². The van der Waals surface area contributed by atoms with E-state index in [-0.39, 0.29) is 0 Å². The molecule has 24 heavy (non-hydrogen) atoms. The van der Waals surface area contributed by atoms with Crippen molar-refractivity contribution >= 4 is 5.82 Å². The molecule has 2 atom stereocenters. The fourth-order valence-corrected chi connectivity index (χ4v) is 3.83. The predicted molar refractivity (Wildman–Crippen MR) is 89.8 cm³/mol. The van der Waals surface area contributed by atoms with E-state index in [1.165, 1.54) is 12.8 Å². The first-order chi connectivity index (χ1) is 11.6. The molecule has 7 heteroatoms. The summed E-state index contributed by atoms with van der Waals surface area (Å²) in [5, 5.41) is 7.47. The monoisotopic (exact) mass is 328 g/mol. The van der Waals surface area contributed by atoms with Crippen LogP contribution in [-0.4, -0.2) is 45.3 Å². The lowest BCUT2D eigenvalue weighted by atomic mass is 9.91. The largest absolute Gasteiger partial charge is 0.377 e. The molecular weight excluding hydrogens is 304 g/mol. The van der Waals surface area contributed by atoms with Crippen LogP contribution in [0.1, 0.15) is 41.9 Å². The maximum atomic E-state index is 5.15. The molecule has 1 N–H and O–H groups in total. The smallest absolute Gasteiger partial charge is 0.156 e. The van der Waals surface area contributed by atoms with Crippen LogP contribution in [0.4, 0.5) is 5.82 Å². The maximum absolute atomic E-state index is 5.15. The van der Waals surface area contributed by atoms with Gasteiger partial charge in [-0.25, -0.2) is 15.0 Å². The molecule has 2 aliphatic rings. The summed E-state index contributed by atoms with van der Waals surface area (Å²) in [6, 6.07) is 2.08. The molecule has 0 amide bonds. The number of aromatic amines is 1. The van der Waals surface area contributed by atoms with Crippen LogP contribution in [0, 0.1) is 25.7 Å². The zero-order chi connectivity index (χ0) is 16.7. The summed E-state index contributed by atoms with van der Waals surface area (Å²) in [7, 11) is 1.67. The van der Waals surface area contributed by atoms with Crippen molar-refractivity contribution in [2.75, 3.05) is 25.1 Å². The Bertz CT molecular complexity index is 705. The van der Waals surface area contributed by atoms with Crippen LogP contribution in [0.25, 0.3) is 0 Å². The van der Waals surface area contributed by atoms with Gasteiger partial charge < -0.3 is 9.64 Å². The zero-order valence-corrected chi connectivity index (χ0v) is 14.5. The molecule has 1 saturated heterocycles. The molecular formula is C17H24N6O. The van der Waals surface area contributed by atoms with E-state index in [4.69, 9.17) is 4.74 Å². The van der Waals surface area contributed by atoms with E-state index in [0.29, 0.717) is 18.4 Å². The van der Waals surface area contributed by atoms with E-state index < -0.39 is 0 Å². The van der Waals surface area contributed by atoms with E-state index in [2.05, 4.69) is 36.1 Å². The number of H-pyrrole nitrogens is 1. The number of nitrogens with one attached hydrogen (secondary N) is 1. The molecule has 1 aliphatic heterocycles. The minimum atomic E-state index is 0.356. The van der Waals surface area contributed by atoms with Crippen molar-refractivity contribution in [1.82, 2.24) is 25.1 Å². The molecule has 3 heterocycles. The van der Waals surface area contributed by atoms with Crippen molar-refractivity contribution in [1.29, 1.82) is 0 Å². The lowest BCUT2D eigenvalue weighted by molar-refractivity contribution is 0.178. The Labute approximate surface area is 141 Å². The van der Waals surface area contributed by atoms with Crippen LogP contribution >= 0.6 is 0 Å². The van der Waals surface area contributed by atoms with E-state index in [1.807, 2.05) is 13.8 Å². The van der Waals surface area contributed by atoms with Crippen LogP contribution < -0.4 is 4.90 Å². The highest BCUT2D eigenvalue weighted by molar-refractivity contribution is 5.42. The molecule has 0 bridgehead atoms. The molecule has 2 aromatic rings. The zero-order valence-electron chi connectivity index (χ0n) is 14.5. The fraction of sp³-hybridized carbons (Fsp3) is 0.647. The van der Waals surface area contributed by atoms with Crippen molar-refractivity contribution < 1.29 is 4.74 Å². The number of rotatable bonds is 5. The van der Waals surface area contributed by atoms with Gasteiger partial charge in [-0.1, -0.05) is 0 Å². The first kappa shape index (κ1) is 15.5. The highest BCUT2D eigenvalue weighted by Gasteiger charge is 2.45. The second-order valence-corrected chi connectivity index (χ2v) is 7.00. The molecule has 0 aromatic carbocycles. The Balaban J connectivity index is 1.59. The van der Waals surface area contributed by atoms with Crippen LogP contribution in [0.5, 0.6) is 0 Å². The molecule has 4 rings (SSSR count). The topological polar surface area (TPSA) is 79.8 Å². The van der Waals surface area contributed by atoms with Crippen LogP contribution in [0.2, 0.25) is 0 Å². The lowest BCUT2D eigenvalue weighted by Crippen LogP contribution is -2.22. The van der Waals surface area contributed by atoms with Crippen molar-refractivity contribution in [2.24, 2.45) is 11.8 Å². The van der Waals surface area contributed by atoms with Gasteiger partial charge in [-0.3, -0.25) is 5.10 Å². The van der Waals surface area contributed by atoms with Gasteiger partial charge >= 0.3 is 0 Å². The molecule has 128 valence electrons. The highest BCUT2D eigenvalue weighted by atomic mass is 16.5. The Morgan fingerprint density at radius 1 is 1.21 bits per heavy atom. The predicted octanol–water partition coefficient (Wildman–Crippen LogP) is 1.99. The Morgan fingerprint density at radius 2 is 2.04 bits per heavy atom. The summed E-state index contributed by atoms with van der Waals surface area (Å²) >= 11 is 0. The number of aromatic nitrogens is 5. The number of ether oxygens (including phenoxy) is 1. The number of anilines is 1. The number of nitrogens with zero attached hydrogens (tertiary/aromatic N) is 5.